The number of para-hydroxylation sites is 2. The first-order chi connectivity index (χ1) is 12.3. The zero-order chi connectivity index (χ0) is 16.4. The molecule has 0 atom stereocenters. The van der Waals surface area contributed by atoms with Crippen LogP contribution in [0.4, 0.5) is 0 Å². The van der Waals surface area contributed by atoms with Crippen molar-refractivity contribution in [3.8, 4) is 11.9 Å². The zero-order valence-electron chi connectivity index (χ0n) is 12.8. The number of hydrogen-bond acceptors (Lipinski definition) is 5. The Bertz CT molecular complexity index is 1270. The number of benzene rings is 2. The quantitative estimate of drug-likeness (QED) is 0.364. The van der Waals surface area contributed by atoms with Crippen LogP contribution in [0.1, 0.15) is 0 Å². The minimum absolute atomic E-state index is 0.306. The number of rotatable bonds is 2. The van der Waals surface area contributed by atoms with E-state index in [1.807, 2.05) is 48.5 Å². The van der Waals surface area contributed by atoms with Crippen molar-refractivity contribution < 1.29 is 22.4 Å². The van der Waals surface area contributed by atoms with Crippen molar-refractivity contribution in [2.24, 2.45) is 0 Å². The summed E-state index contributed by atoms with van der Waals surface area (Å²) < 4.78 is 28.3. The molecular weight excluding hydrogens is 320 g/mol. The molecule has 6 rings (SSSR count). The standard InChI is InChI=1S/C20H10O5/c1-3-7-15-11(5-1)13-9-17(24-19(13)21-15)23-18-10-14-12-6-2-4-8-16(12)22-20(14)25-18/h1-10H. The Hall–Kier alpha value is -3.60. The molecule has 5 heteroatoms. The van der Waals surface area contributed by atoms with Crippen molar-refractivity contribution in [3.05, 3.63) is 60.7 Å². The molecule has 0 unspecified atom stereocenters. The van der Waals surface area contributed by atoms with Crippen molar-refractivity contribution in [1.29, 1.82) is 0 Å². The highest BCUT2D eigenvalue weighted by Gasteiger charge is 2.17. The van der Waals surface area contributed by atoms with Crippen LogP contribution < -0.4 is 4.74 Å². The van der Waals surface area contributed by atoms with E-state index in [0.717, 1.165) is 32.7 Å². The van der Waals surface area contributed by atoms with E-state index in [9.17, 15) is 0 Å². The third-order valence-corrected chi connectivity index (χ3v) is 4.31. The second-order valence-electron chi connectivity index (χ2n) is 5.83. The molecule has 0 aliphatic heterocycles. The van der Waals surface area contributed by atoms with E-state index < -0.39 is 0 Å². The van der Waals surface area contributed by atoms with Gasteiger partial charge in [-0.1, -0.05) is 36.4 Å². The van der Waals surface area contributed by atoms with Gasteiger partial charge in [0, 0.05) is 22.9 Å². The number of fused-ring (bicyclic) bond motifs is 6. The fraction of sp³-hybridized carbons (Fsp3) is 0. The fourth-order valence-corrected chi connectivity index (χ4v) is 3.19. The van der Waals surface area contributed by atoms with E-state index in [1.165, 1.54) is 0 Å². The smallest absolute Gasteiger partial charge is 0.301 e. The summed E-state index contributed by atoms with van der Waals surface area (Å²) in [5.41, 5.74) is 1.56. The van der Waals surface area contributed by atoms with Crippen LogP contribution in [0.25, 0.3) is 44.3 Å². The molecule has 0 aliphatic rings. The van der Waals surface area contributed by atoms with Gasteiger partial charge < -0.3 is 22.4 Å². The van der Waals surface area contributed by atoms with E-state index in [4.69, 9.17) is 22.4 Å². The highest BCUT2D eigenvalue weighted by molar-refractivity contribution is 6.04. The van der Waals surface area contributed by atoms with Crippen LogP contribution >= 0.6 is 0 Å². The van der Waals surface area contributed by atoms with E-state index in [0.29, 0.717) is 23.5 Å². The summed E-state index contributed by atoms with van der Waals surface area (Å²) in [6.07, 6.45) is 0. The molecule has 25 heavy (non-hydrogen) atoms. The highest BCUT2D eigenvalue weighted by Crippen LogP contribution is 2.39. The second-order valence-corrected chi connectivity index (χ2v) is 5.83. The zero-order valence-corrected chi connectivity index (χ0v) is 12.8. The molecule has 0 aliphatic carbocycles. The number of hydrogen-bond donors (Lipinski definition) is 0. The minimum Gasteiger partial charge on any atom is -0.425 e. The second kappa shape index (κ2) is 4.48. The summed E-state index contributed by atoms with van der Waals surface area (Å²) in [4.78, 5) is 0. The largest absolute Gasteiger partial charge is 0.425 e. The van der Waals surface area contributed by atoms with Crippen molar-refractivity contribution in [2.75, 3.05) is 0 Å². The first kappa shape index (κ1) is 12.8. The normalized spacial score (nSPS) is 12.0. The maximum absolute atomic E-state index is 5.71. The lowest BCUT2D eigenvalue weighted by atomic mass is 10.2. The Morgan fingerprint density at radius 1 is 0.520 bits per heavy atom. The highest BCUT2D eigenvalue weighted by atomic mass is 16.7. The van der Waals surface area contributed by atoms with E-state index in [1.54, 1.807) is 12.1 Å². The molecule has 4 aromatic heterocycles. The molecule has 0 saturated carbocycles. The summed E-state index contributed by atoms with van der Waals surface area (Å²) in [7, 11) is 0. The summed E-state index contributed by atoms with van der Waals surface area (Å²) in [5.74, 6) is 1.47. The molecule has 6 aromatic rings. The molecule has 0 fully saturated rings. The molecule has 5 nitrogen and oxygen atoms in total. The third kappa shape index (κ3) is 1.77. The molecule has 120 valence electrons. The first-order valence-electron chi connectivity index (χ1n) is 7.85. The van der Waals surface area contributed by atoms with Gasteiger partial charge in [0.05, 0.1) is 10.8 Å². The Labute approximate surface area is 140 Å². The van der Waals surface area contributed by atoms with Crippen molar-refractivity contribution in [3.63, 3.8) is 0 Å². The van der Waals surface area contributed by atoms with Crippen LogP contribution in [0.2, 0.25) is 0 Å². The van der Waals surface area contributed by atoms with Gasteiger partial charge in [0.2, 0.25) is 0 Å². The molecule has 0 N–H and O–H groups in total. The van der Waals surface area contributed by atoms with Gasteiger partial charge in [-0.3, -0.25) is 0 Å². The minimum atomic E-state index is 0.306. The molecule has 0 spiro atoms. The van der Waals surface area contributed by atoms with Crippen LogP contribution in [0, 0.1) is 0 Å². The number of furan rings is 4. The van der Waals surface area contributed by atoms with Crippen LogP contribution in [0.15, 0.2) is 78.3 Å². The summed E-state index contributed by atoms with van der Waals surface area (Å²) in [5, 5.41) is 3.70. The summed E-state index contributed by atoms with van der Waals surface area (Å²) in [6.45, 7) is 0. The Morgan fingerprint density at radius 3 is 1.52 bits per heavy atom. The average Bonchev–Trinajstić information content (AvgIpc) is 3.33. The molecule has 0 radical (unpaired) electrons. The lowest BCUT2D eigenvalue weighted by molar-refractivity contribution is 0.279. The first-order valence-corrected chi connectivity index (χ1v) is 7.85. The van der Waals surface area contributed by atoms with Crippen molar-refractivity contribution in [1.82, 2.24) is 0 Å². The van der Waals surface area contributed by atoms with Crippen LogP contribution in [0.5, 0.6) is 11.9 Å². The van der Waals surface area contributed by atoms with Gasteiger partial charge in [-0.25, -0.2) is 0 Å². The molecule has 0 amide bonds. The molecule has 2 aromatic carbocycles. The molecule has 0 saturated heterocycles. The van der Waals surface area contributed by atoms with Gasteiger partial charge in [-0.15, -0.1) is 0 Å². The lowest BCUT2D eigenvalue weighted by Gasteiger charge is -1.95. The summed E-state index contributed by atoms with van der Waals surface area (Å²) >= 11 is 0. The summed E-state index contributed by atoms with van der Waals surface area (Å²) in [6, 6.07) is 19.1. The molecular formula is C20H10O5. The molecule has 4 heterocycles. The maximum atomic E-state index is 5.71. The predicted molar refractivity (Wildman–Crippen MR) is 92.0 cm³/mol. The maximum Gasteiger partial charge on any atom is 0.301 e. The van der Waals surface area contributed by atoms with Crippen LogP contribution in [-0.2, 0) is 0 Å². The molecule has 0 bridgehead atoms. The van der Waals surface area contributed by atoms with Gasteiger partial charge in [0.15, 0.2) is 0 Å². The topological polar surface area (TPSA) is 61.8 Å². The van der Waals surface area contributed by atoms with Gasteiger partial charge in [-0.2, -0.15) is 0 Å². The monoisotopic (exact) mass is 330 g/mol. The van der Waals surface area contributed by atoms with Crippen LogP contribution in [0.3, 0.4) is 0 Å². The Morgan fingerprint density at radius 2 is 1.00 bits per heavy atom. The average molecular weight is 330 g/mol. The van der Waals surface area contributed by atoms with Gasteiger partial charge in [0.1, 0.15) is 11.2 Å². The van der Waals surface area contributed by atoms with Gasteiger partial charge in [-0.05, 0) is 12.1 Å². The van der Waals surface area contributed by atoms with E-state index in [2.05, 4.69) is 0 Å². The van der Waals surface area contributed by atoms with E-state index in [-0.39, 0.29) is 0 Å². The van der Waals surface area contributed by atoms with Gasteiger partial charge in [0.25, 0.3) is 11.9 Å². The SMILES string of the molecule is c1ccc2c(c1)oc1oc(Oc3cc4c(o3)oc3ccccc34)cc12. The Kier molecular flexibility index (Phi) is 2.29. The van der Waals surface area contributed by atoms with Crippen molar-refractivity contribution in [2.45, 2.75) is 0 Å². The predicted octanol–water partition coefficient (Wildman–Crippen LogP) is 6.46. The van der Waals surface area contributed by atoms with E-state index >= 15 is 0 Å². The van der Waals surface area contributed by atoms with Gasteiger partial charge >= 0.3 is 11.6 Å². The third-order valence-electron chi connectivity index (χ3n) is 4.31. The Balaban J connectivity index is 1.43. The van der Waals surface area contributed by atoms with Crippen LogP contribution in [-0.4, -0.2) is 0 Å². The fourth-order valence-electron chi connectivity index (χ4n) is 3.19. The number of ether oxygens (including phenoxy) is 1. The lowest BCUT2D eigenvalue weighted by Crippen LogP contribution is -1.77. The van der Waals surface area contributed by atoms with Crippen molar-refractivity contribution >= 4 is 44.3 Å².